The molecule has 0 unspecified atom stereocenters. The van der Waals surface area contributed by atoms with Gasteiger partial charge in [-0.25, -0.2) is 0 Å². The Balaban J connectivity index is 1.31. The number of H-pyrrole nitrogens is 1. The van der Waals surface area contributed by atoms with Gasteiger partial charge in [-0.3, -0.25) is 19.8 Å². The van der Waals surface area contributed by atoms with Crippen molar-refractivity contribution in [2.45, 2.75) is 44.2 Å². The zero-order valence-corrected chi connectivity index (χ0v) is 15.0. The van der Waals surface area contributed by atoms with Gasteiger partial charge in [-0.15, -0.1) is 0 Å². The minimum Gasteiger partial charge on any atom is -0.333 e. The highest BCUT2D eigenvalue weighted by atomic mass is 16.2. The first-order valence-corrected chi connectivity index (χ1v) is 9.74. The quantitative estimate of drug-likeness (QED) is 0.919. The Hall–Kier alpha value is -2.21. The van der Waals surface area contributed by atoms with Crippen LogP contribution in [0.4, 0.5) is 0 Å². The summed E-state index contributed by atoms with van der Waals surface area (Å²) in [5.41, 5.74) is 2.97. The molecule has 2 atom stereocenters. The molecule has 2 bridgehead atoms. The zero-order chi connectivity index (χ0) is 17.5. The predicted molar refractivity (Wildman–Crippen MR) is 97.6 cm³/mol. The predicted octanol–water partition coefficient (Wildman–Crippen LogP) is 2.42. The van der Waals surface area contributed by atoms with Crippen molar-refractivity contribution in [1.82, 2.24) is 25.0 Å². The number of nitrogens with zero attached hydrogens (tertiary/aromatic N) is 4. The standard InChI is InChI=1S/C20H25N5O/c26-20(19-8-18(22-23-19)16-4-5-16)25-12-15-3-6-17(25)13-24(11-15)10-14-2-1-7-21-9-14/h1-2,7-9,15-17H,3-6,10-13H2,(H,22,23)/t15-,17+/m1/s1. The third-order valence-corrected chi connectivity index (χ3v) is 6.01. The van der Waals surface area contributed by atoms with Gasteiger partial charge >= 0.3 is 0 Å². The van der Waals surface area contributed by atoms with Gasteiger partial charge in [0.1, 0.15) is 5.69 Å². The lowest BCUT2D eigenvalue weighted by atomic mass is 9.94. The first-order chi connectivity index (χ1) is 12.8. The lowest BCUT2D eigenvalue weighted by Crippen LogP contribution is -2.47. The number of pyridine rings is 1. The second-order valence-electron chi connectivity index (χ2n) is 8.09. The summed E-state index contributed by atoms with van der Waals surface area (Å²) < 4.78 is 0. The maximum Gasteiger partial charge on any atom is 0.274 e. The van der Waals surface area contributed by atoms with Gasteiger partial charge < -0.3 is 4.90 Å². The Bertz CT molecular complexity index is 785. The molecular weight excluding hydrogens is 326 g/mol. The van der Waals surface area contributed by atoms with Crippen molar-refractivity contribution < 1.29 is 4.79 Å². The molecule has 6 heteroatoms. The van der Waals surface area contributed by atoms with Gasteiger partial charge in [-0.2, -0.15) is 5.10 Å². The molecule has 4 fully saturated rings. The van der Waals surface area contributed by atoms with Gasteiger partial charge in [0.05, 0.1) is 0 Å². The molecule has 0 aromatic carbocycles. The molecule has 136 valence electrons. The summed E-state index contributed by atoms with van der Waals surface area (Å²) in [6.07, 6.45) is 8.50. The maximum absolute atomic E-state index is 13.1. The van der Waals surface area contributed by atoms with Gasteiger partial charge in [-0.1, -0.05) is 6.07 Å². The van der Waals surface area contributed by atoms with Gasteiger partial charge in [0.2, 0.25) is 0 Å². The normalized spacial score (nSPS) is 26.1. The molecule has 3 aliphatic heterocycles. The van der Waals surface area contributed by atoms with Crippen LogP contribution in [0.25, 0.3) is 0 Å². The fraction of sp³-hybridized carbons (Fsp3) is 0.550. The molecule has 1 saturated carbocycles. The van der Waals surface area contributed by atoms with Crippen LogP contribution < -0.4 is 0 Å². The molecule has 2 aromatic rings. The number of piperidine rings is 1. The van der Waals surface area contributed by atoms with Crippen molar-refractivity contribution >= 4 is 5.91 Å². The SMILES string of the molecule is O=C(c1cc(C2CC2)[nH]n1)N1C[C@@H]2CC[C@H]1CN(Cc1cccnc1)C2. The number of nitrogens with one attached hydrogen (secondary N) is 1. The number of aromatic amines is 1. The van der Waals surface area contributed by atoms with Crippen LogP contribution in [0, 0.1) is 5.92 Å². The first kappa shape index (κ1) is 16.0. The van der Waals surface area contributed by atoms with E-state index in [0.717, 1.165) is 38.3 Å². The number of hydrogen-bond donors (Lipinski definition) is 1. The summed E-state index contributed by atoms with van der Waals surface area (Å²) >= 11 is 0. The van der Waals surface area contributed by atoms with Crippen LogP contribution in [0.15, 0.2) is 30.6 Å². The number of aromatic nitrogens is 3. The lowest BCUT2D eigenvalue weighted by molar-refractivity contribution is 0.0579. The summed E-state index contributed by atoms with van der Waals surface area (Å²) in [6, 6.07) is 6.39. The molecule has 2 aromatic heterocycles. The maximum atomic E-state index is 13.1. The molecule has 6 rings (SSSR count). The molecule has 4 aliphatic rings. The molecular formula is C20H25N5O. The lowest BCUT2D eigenvalue weighted by Gasteiger charge is -2.35. The summed E-state index contributed by atoms with van der Waals surface area (Å²) in [4.78, 5) is 21.9. The Labute approximate surface area is 153 Å². The Morgan fingerprint density at radius 2 is 2.12 bits per heavy atom. The fourth-order valence-electron chi connectivity index (χ4n) is 4.50. The number of carbonyl (C=O) groups excluding carboxylic acids is 1. The minimum atomic E-state index is 0.103. The van der Waals surface area contributed by atoms with Crippen LogP contribution in [0.5, 0.6) is 0 Å². The van der Waals surface area contributed by atoms with Crippen LogP contribution in [-0.4, -0.2) is 56.6 Å². The topological polar surface area (TPSA) is 65.1 Å². The van der Waals surface area contributed by atoms with Crippen molar-refractivity contribution in [3.8, 4) is 0 Å². The molecule has 5 heterocycles. The van der Waals surface area contributed by atoms with E-state index >= 15 is 0 Å². The number of hydrogen-bond acceptors (Lipinski definition) is 4. The molecule has 26 heavy (non-hydrogen) atoms. The summed E-state index contributed by atoms with van der Waals surface area (Å²) in [6.45, 7) is 3.77. The average molecular weight is 351 g/mol. The number of amides is 1. The smallest absolute Gasteiger partial charge is 0.274 e. The molecule has 3 saturated heterocycles. The van der Waals surface area contributed by atoms with Crippen LogP contribution in [0.2, 0.25) is 0 Å². The van der Waals surface area contributed by atoms with Gasteiger partial charge in [-0.05, 0) is 49.3 Å². The minimum absolute atomic E-state index is 0.103. The highest BCUT2D eigenvalue weighted by Gasteiger charge is 2.38. The third kappa shape index (κ3) is 3.14. The Morgan fingerprint density at radius 3 is 2.92 bits per heavy atom. The van der Waals surface area contributed by atoms with E-state index in [-0.39, 0.29) is 5.91 Å². The van der Waals surface area contributed by atoms with Gasteiger partial charge in [0.15, 0.2) is 0 Å². The highest BCUT2D eigenvalue weighted by molar-refractivity contribution is 5.92. The van der Waals surface area contributed by atoms with Crippen LogP contribution >= 0.6 is 0 Å². The van der Waals surface area contributed by atoms with E-state index in [0.29, 0.717) is 23.6 Å². The fourth-order valence-corrected chi connectivity index (χ4v) is 4.50. The van der Waals surface area contributed by atoms with E-state index in [1.54, 1.807) is 0 Å². The van der Waals surface area contributed by atoms with Gasteiger partial charge in [0, 0.05) is 56.2 Å². The van der Waals surface area contributed by atoms with Crippen molar-refractivity contribution in [2.75, 3.05) is 19.6 Å². The van der Waals surface area contributed by atoms with E-state index in [1.165, 1.54) is 24.8 Å². The number of fused-ring (bicyclic) bond motifs is 4. The molecule has 1 amide bonds. The molecule has 1 N–H and O–H groups in total. The largest absolute Gasteiger partial charge is 0.333 e. The molecule has 1 aliphatic carbocycles. The number of carbonyl (C=O) groups is 1. The Kier molecular flexibility index (Phi) is 4.00. The van der Waals surface area contributed by atoms with Crippen molar-refractivity contribution in [2.24, 2.45) is 5.92 Å². The molecule has 0 spiro atoms. The summed E-state index contributed by atoms with van der Waals surface area (Å²) in [7, 11) is 0. The first-order valence-electron chi connectivity index (χ1n) is 9.74. The highest BCUT2D eigenvalue weighted by Crippen LogP contribution is 2.39. The Morgan fingerprint density at radius 1 is 1.19 bits per heavy atom. The van der Waals surface area contributed by atoms with E-state index < -0.39 is 0 Å². The average Bonchev–Trinajstić information content (AvgIpc) is 3.45. The van der Waals surface area contributed by atoms with Crippen LogP contribution in [0.3, 0.4) is 0 Å². The van der Waals surface area contributed by atoms with E-state index in [1.807, 2.05) is 24.5 Å². The monoisotopic (exact) mass is 351 g/mol. The van der Waals surface area contributed by atoms with Crippen molar-refractivity contribution in [3.05, 3.63) is 47.5 Å². The second kappa shape index (κ2) is 6.50. The van der Waals surface area contributed by atoms with Crippen LogP contribution in [0.1, 0.15) is 53.3 Å². The van der Waals surface area contributed by atoms with Crippen molar-refractivity contribution in [1.29, 1.82) is 0 Å². The van der Waals surface area contributed by atoms with E-state index in [9.17, 15) is 4.79 Å². The molecule has 6 nitrogen and oxygen atoms in total. The van der Waals surface area contributed by atoms with E-state index in [2.05, 4.69) is 31.0 Å². The van der Waals surface area contributed by atoms with Crippen molar-refractivity contribution in [3.63, 3.8) is 0 Å². The van der Waals surface area contributed by atoms with E-state index in [4.69, 9.17) is 0 Å². The second-order valence-corrected chi connectivity index (χ2v) is 8.09. The third-order valence-electron chi connectivity index (χ3n) is 6.01. The summed E-state index contributed by atoms with van der Waals surface area (Å²) in [5, 5.41) is 7.39. The van der Waals surface area contributed by atoms with Crippen LogP contribution in [-0.2, 0) is 6.54 Å². The van der Waals surface area contributed by atoms with Gasteiger partial charge in [0.25, 0.3) is 5.91 Å². The number of rotatable bonds is 4. The molecule has 0 radical (unpaired) electrons. The summed E-state index contributed by atoms with van der Waals surface area (Å²) in [5.74, 6) is 1.25. The zero-order valence-electron chi connectivity index (χ0n) is 15.0.